The quantitative estimate of drug-likeness (QED) is 0.748. The van der Waals surface area contributed by atoms with Gasteiger partial charge in [0.15, 0.2) is 0 Å². The number of fused-ring (bicyclic) bond motifs is 1. The molecule has 1 aromatic heterocycles. The van der Waals surface area contributed by atoms with Crippen molar-refractivity contribution in [2.24, 2.45) is 5.92 Å². The van der Waals surface area contributed by atoms with Gasteiger partial charge in [-0.3, -0.25) is 14.5 Å². The Morgan fingerprint density at radius 1 is 1.21 bits per heavy atom. The van der Waals surface area contributed by atoms with Crippen LogP contribution in [0.25, 0.3) is 0 Å². The molecule has 2 amide bonds. The van der Waals surface area contributed by atoms with Gasteiger partial charge < -0.3 is 9.64 Å². The van der Waals surface area contributed by atoms with E-state index in [0.717, 1.165) is 29.3 Å². The Morgan fingerprint density at radius 2 is 1.96 bits per heavy atom. The van der Waals surface area contributed by atoms with Crippen LogP contribution in [0.4, 0.5) is 5.82 Å². The van der Waals surface area contributed by atoms with E-state index in [-0.39, 0.29) is 30.4 Å². The Labute approximate surface area is 167 Å². The molecule has 1 fully saturated rings. The van der Waals surface area contributed by atoms with Gasteiger partial charge in [0.05, 0.1) is 6.10 Å². The highest BCUT2D eigenvalue weighted by molar-refractivity contribution is 5.95. The molecule has 154 valence electrons. The Balaban J connectivity index is 1.79. The average Bonchev–Trinajstić information content (AvgIpc) is 3.12. The fourth-order valence-corrected chi connectivity index (χ4v) is 3.87. The normalized spacial score (nSPS) is 19.7. The molecule has 1 unspecified atom stereocenters. The number of nitrogens with zero attached hydrogens (tertiary/aromatic N) is 4. The van der Waals surface area contributed by atoms with Crippen LogP contribution in [0.3, 0.4) is 0 Å². The lowest BCUT2D eigenvalue weighted by molar-refractivity contribution is -0.136. The zero-order chi connectivity index (χ0) is 20.4. The number of likely N-dealkylation sites (tertiary alicyclic amines) is 1. The molecule has 3 heterocycles. The monoisotopic (exact) mass is 388 g/mol. The van der Waals surface area contributed by atoms with E-state index in [9.17, 15) is 9.59 Å². The number of hydrogen-bond donors (Lipinski definition) is 0. The van der Waals surface area contributed by atoms with Crippen molar-refractivity contribution >= 4 is 17.6 Å². The number of hydrogen-bond acceptors (Lipinski definition) is 5. The third-order valence-electron chi connectivity index (χ3n) is 5.35. The van der Waals surface area contributed by atoms with Gasteiger partial charge in [0.2, 0.25) is 11.8 Å². The minimum absolute atomic E-state index is 0.0162. The summed E-state index contributed by atoms with van der Waals surface area (Å²) in [6.45, 7) is 12.2. The highest BCUT2D eigenvalue weighted by Crippen LogP contribution is 2.32. The van der Waals surface area contributed by atoms with E-state index < -0.39 is 0 Å². The fraction of sp³-hybridized carbons (Fsp3) is 0.714. The van der Waals surface area contributed by atoms with Gasteiger partial charge in [-0.1, -0.05) is 13.8 Å². The first kappa shape index (κ1) is 20.7. The molecule has 0 bridgehead atoms. The molecular formula is C21H32N4O3. The molecule has 0 radical (unpaired) electrons. The second-order valence-corrected chi connectivity index (χ2v) is 8.55. The summed E-state index contributed by atoms with van der Waals surface area (Å²) < 4.78 is 5.45. The van der Waals surface area contributed by atoms with Crippen LogP contribution in [0, 0.1) is 12.8 Å². The number of aryl methyl sites for hydroxylation is 1. The van der Waals surface area contributed by atoms with Crippen molar-refractivity contribution in [2.45, 2.75) is 65.9 Å². The molecule has 0 N–H and O–H groups in total. The summed E-state index contributed by atoms with van der Waals surface area (Å²) in [4.78, 5) is 38.1. The van der Waals surface area contributed by atoms with Crippen molar-refractivity contribution in [3.8, 4) is 0 Å². The second kappa shape index (κ2) is 8.55. The summed E-state index contributed by atoms with van der Waals surface area (Å²) >= 11 is 0. The summed E-state index contributed by atoms with van der Waals surface area (Å²) in [5.74, 6) is 2.15. The molecule has 28 heavy (non-hydrogen) atoms. The van der Waals surface area contributed by atoms with Crippen molar-refractivity contribution in [2.75, 3.05) is 31.1 Å². The Bertz CT molecular complexity index is 747. The number of ether oxygens (including phenoxy) is 1. The number of rotatable bonds is 6. The molecule has 0 aromatic carbocycles. The predicted octanol–water partition coefficient (Wildman–Crippen LogP) is 2.46. The van der Waals surface area contributed by atoms with Crippen molar-refractivity contribution in [1.82, 2.24) is 14.9 Å². The molecular weight excluding hydrogens is 356 g/mol. The zero-order valence-corrected chi connectivity index (χ0v) is 17.7. The minimum atomic E-state index is 0.0162. The molecule has 3 rings (SSSR count). The first-order chi connectivity index (χ1) is 13.3. The van der Waals surface area contributed by atoms with Gasteiger partial charge in [-0.05, 0) is 39.5 Å². The number of carbonyl (C=O) groups excluding carboxylic acids is 2. The Hall–Kier alpha value is -2.02. The van der Waals surface area contributed by atoms with Crippen LogP contribution in [-0.4, -0.2) is 59.0 Å². The Kier molecular flexibility index (Phi) is 6.33. The van der Waals surface area contributed by atoms with Gasteiger partial charge in [0.25, 0.3) is 0 Å². The van der Waals surface area contributed by atoms with Gasteiger partial charge in [-0.2, -0.15) is 0 Å². The van der Waals surface area contributed by atoms with Gasteiger partial charge in [-0.25, -0.2) is 9.97 Å². The summed E-state index contributed by atoms with van der Waals surface area (Å²) in [7, 11) is 0. The third kappa shape index (κ3) is 4.51. The van der Waals surface area contributed by atoms with Gasteiger partial charge in [0.1, 0.15) is 18.2 Å². The maximum Gasteiger partial charge on any atom is 0.248 e. The van der Waals surface area contributed by atoms with Crippen LogP contribution in [-0.2, 0) is 20.7 Å². The maximum absolute atomic E-state index is 12.5. The molecule has 7 nitrogen and oxygen atoms in total. The SMILES string of the molecule is Cc1nc(C2CCN(C(=O)COC(C)C)C2)nc2c1CCC(=O)N2CC(C)C. The zero-order valence-electron chi connectivity index (χ0n) is 17.7. The standard InChI is InChI=1S/C21H32N4O3/c1-13(2)10-25-18(26)7-6-17-15(5)22-20(23-21(17)25)16-8-9-24(11-16)19(27)12-28-14(3)4/h13-14,16H,6-12H2,1-5H3. The largest absolute Gasteiger partial charge is 0.369 e. The molecule has 1 saturated heterocycles. The van der Waals surface area contributed by atoms with Crippen LogP contribution < -0.4 is 4.90 Å². The number of anilines is 1. The summed E-state index contributed by atoms with van der Waals surface area (Å²) in [6, 6.07) is 0. The highest BCUT2D eigenvalue weighted by Gasteiger charge is 2.33. The minimum Gasteiger partial charge on any atom is -0.369 e. The lowest BCUT2D eigenvalue weighted by atomic mass is 10.0. The van der Waals surface area contributed by atoms with Crippen molar-refractivity contribution in [3.63, 3.8) is 0 Å². The molecule has 2 aliphatic heterocycles. The molecule has 7 heteroatoms. The van der Waals surface area contributed by atoms with Crippen LogP contribution >= 0.6 is 0 Å². The predicted molar refractivity (Wildman–Crippen MR) is 107 cm³/mol. The van der Waals surface area contributed by atoms with Crippen LogP contribution in [0.5, 0.6) is 0 Å². The highest BCUT2D eigenvalue weighted by atomic mass is 16.5. The number of amides is 2. The van der Waals surface area contributed by atoms with Gasteiger partial charge in [0, 0.05) is 43.2 Å². The van der Waals surface area contributed by atoms with E-state index in [0.29, 0.717) is 38.4 Å². The molecule has 0 saturated carbocycles. The van der Waals surface area contributed by atoms with Crippen LogP contribution in [0.2, 0.25) is 0 Å². The molecule has 0 aliphatic carbocycles. The first-order valence-corrected chi connectivity index (χ1v) is 10.3. The van der Waals surface area contributed by atoms with E-state index in [4.69, 9.17) is 14.7 Å². The van der Waals surface area contributed by atoms with E-state index in [2.05, 4.69) is 13.8 Å². The second-order valence-electron chi connectivity index (χ2n) is 8.55. The maximum atomic E-state index is 12.5. The van der Waals surface area contributed by atoms with E-state index in [1.165, 1.54) is 0 Å². The number of aromatic nitrogens is 2. The first-order valence-electron chi connectivity index (χ1n) is 10.3. The molecule has 1 aromatic rings. The lowest BCUT2D eigenvalue weighted by Gasteiger charge is -2.31. The van der Waals surface area contributed by atoms with Crippen molar-refractivity contribution < 1.29 is 14.3 Å². The van der Waals surface area contributed by atoms with E-state index in [1.807, 2.05) is 30.6 Å². The lowest BCUT2D eigenvalue weighted by Crippen LogP contribution is -2.39. The van der Waals surface area contributed by atoms with Gasteiger partial charge >= 0.3 is 0 Å². The third-order valence-corrected chi connectivity index (χ3v) is 5.35. The van der Waals surface area contributed by atoms with E-state index >= 15 is 0 Å². The molecule has 1 atom stereocenters. The smallest absolute Gasteiger partial charge is 0.248 e. The number of carbonyl (C=O) groups is 2. The van der Waals surface area contributed by atoms with Crippen LogP contribution in [0.15, 0.2) is 0 Å². The molecule has 0 spiro atoms. The van der Waals surface area contributed by atoms with Crippen LogP contribution in [0.1, 0.15) is 63.5 Å². The average molecular weight is 389 g/mol. The van der Waals surface area contributed by atoms with Crippen molar-refractivity contribution in [1.29, 1.82) is 0 Å². The summed E-state index contributed by atoms with van der Waals surface area (Å²) in [5.41, 5.74) is 2.04. The Morgan fingerprint density at radius 3 is 2.64 bits per heavy atom. The fourth-order valence-electron chi connectivity index (χ4n) is 3.87. The summed E-state index contributed by atoms with van der Waals surface area (Å²) in [6.07, 6.45) is 2.10. The van der Waals surface area contributed by atoms with E-state index in [1.54, 1.807) is 0 Å². The van der Waals surface area contributed by atoms with Gasteiger partial charge in [-0.15, -0.1) is 0 Å². The molecule has 2 aliphatic rings. The van der Waals surface area contributed by atoms with Crippen molar-refractivity contribution in [3.05, 3.63) is 17.1 Å². The topological polar surface area (TPSA) is 75.6 Å². The summed E-state index contributed by atoms with van der Waals surface area (Å²) in [5, 5.41) is 0.